The number of aromatic nitrogens is 2. The van der Waals surface area contributed by atoms with E-state index in [1.54, 1.807) is 34.9 Å². The number of aryl methyl sites for hydroxylation is 1. The van der Waals surface area contributed by atoms with Crippen molar-refractivity contribution in [3.8, 4) is 0 Å². The van der Waals surface area contributed by atoms with Crippen LogP contribution in [0.15, 0.2) is 32.9 Å². The Morgan fingerprint density at radius 2 is 2.11 bits per heavy atom. The summed E-state index contributed by atoms with van der Waals surface area (Å²) in [4.78, 5) is 0. The summed E-state index contributed by atoms with van der Waals surface area (Å²) in [6.45, 7) is 3.04. The molecule has 6 heteroatoms. The quantitative estimate of drug-likeness (QED) is 0.649. The van der Waals surface area contributed by atoms with Crippen LogP contribution in [0.4, 0.5) is 5.69 Å². The lowest BCUT2D eigenvalue weighted by Crippen LogP contribution is -2.03. The first kappa shape index (κ1) is 13.7. The summed E-state index contributed by atoms with van der Waals surface area (Å²) in [5.74, 6) is 0.997. The fourth-order valence-corrected chi connectivity index (χ4v) is 3.79. The van der Waals surface area contributed by atoms with Crippen molar-refractivity contribution in [3.05, 3.63) is 29.8 Å². The van der Waals surface area contributed by atoms with Crippen LogP contribution in [-0.2, 0) is 0 Å². The van der Waals surface area contributed by atoms with Gasteiger partial charge in [0.1, 0.15) is 0 Å². The fraction of sp³-hybridized carbons (Fsp3) is 0.333. The molecule has 0 unspecified atom stereocenters. The van der Waals surface area contributed by atoms with Gasteiger partial charge in [-0.25, -0.2) is 0 Å². The van der Waals surface area contributed by atoms with E-state index in [0.29, 0.717) is 0 Å². The highest BCUT2D eigenvalue weighted by Crippen LogP contribution is 2.27. The maximum atomic E-state index is 4.13. The monoisotopic (exact) mass is 297 g/mol. The van der Waals surface area contributed by atoms with E-state index in [0.717, 1.165) is 21.0 Å². The van der Waals surface area contributed by atoms with Gasteiger partial charge >= 0.3 is 0 Å². The molecule has 0 spiro atoms. The Balaban J connectivity index is 1.72. The molecule has 0 aliphatic heterocycles. The van der Waals surface area contributed by atoms with Gasteiger partial charge in [0, 0.05) is 18.0 Å². The third-order valence-electron chi connectivity index (χ3n) is 2.24. The van der Waals surface area contributed by atoms with Gasteiger partial charge in [0.2, 0.25) is 0 Å². The first-order valence-electron chi connectivity index (χ1n) is 5.59. The van der Waals surface area contributed by atoms with E-state index in [4.69, 9.17) is 0 Å². The summed E-state index contributed by atoms with van der Waals surface area (Å²) < 4.78 is 2.08. The van der Waals surface area contributed by atoms with E-state index in [1.807, 2.05) is 6.26 Å². The second-order valence-electron chi connectivity index (χ2n) is 3.68. The zero-order valence-corrected chi connectivity index (χ0v) is 12.8. The predicted octanol–water partition coefficient (Wildman–Crippen LogP) is 3.77. The van der Waals surface area contributed by atoms with Crippen LogP contribution in [0.3, 0.4) is 0 Å². The first-order chi connectivity index (χ1) is 8.78. The average Bonchev–Trinajstić information content (AvgIpc) is 2.83. The van der Waals surface area contributed by atoms with Gasteiger partial charge in [-0.3, -0.25) is 0 Å². The highest BCUT2D eigenvalue weighted by Gasteiger charge is 2.02. The molecule has 18 heavy (non-hydrogen) atoms. The summed E-state index contributed by atoms with van der Waals surface area (Å²) in [5.41, 5.74) is 2.46. The number of thioether (sulfide) groups is 2. The highest BCUT2D eigenvalue weighted by molar-refractivity contribution is 8.02. The Morgan fingerprint density at radius 1 is 1.28 bits per heavy atom. The molecule has 0 amide bonds. The smallest absolute Gasteiger partial charge is 0.175 e. The third kappa shape index (κ3) is 4.19. The largest absolute Gasteiger partial charge is 0.384 e. The molecule has 96 valence electrons. The highest BCUT2D eigenvalue weighted by atomic mass is 32.2. The van der Waals surface area contributed by atoms with Crippen molar-refractivity contribution in [2.75, 3.05) is 23.9 Å². The lowest BCUT2D eigenvalue weighted by molar-refractivity contribution is 0.955. The third-order valence-corrected chi connectivity index (χ3v) is 5.27. The van der Waals surface area contributed by atoms with E-state index in [1.165, 1.54) is 11.3 Å². The SMILES string of the molecule is CSc1nnc(SCCNc2cccc(C)c2)s1. The number of benzene rings is 1. The number of rotatable bonds is 6. The van der Waals surface area contributed by atoms with Gasteiger partial charge in [-0.2, -0.15) is 0 Å². The number of hydrogen-bond donors (Lipinski definition) is 1. The zero-order valence-electron chi connectivity index (χ0n) is 10.3. The molecule has 0 fully saturated rings. The maximum Gasteiger partial charge on any atom is 0.175 e. The van der Waals surface area contributed by atoms with Crippen molar-refractivity contribution in [2.45, 2.75) is 15.6 Å². The van der Waals surface area contributed by atoms with Crippen LogP contribution in [-0.4, -0.2) is 28.8 Å². The number of anilines is 1. The zero-order chi connectivity index (χ0) is 12.8. The Morgan fingerprint density at radius 3 is 2.83 bits per heavy atom. The molecule has 3 nitrogen and oxygen atoms in total. The Labute approximate surface area is 120 Å². The molecular weight excluding hydrogens is 282 g/mol. The maximum absolute atomic E-state index is 4.13. The summed E-state index contributed by atoms with van der Waals surface area (Å²) in [6, 6.07) is 8.42. The number of nitrogens with one attached hydrogen (secondary N) is 1. The second-order valence-corrected chi connectivity index (χ2v) is 7.06. The van der Waals surface area contributed by atoms with Crippen LogP contribution >= 0.6 is 34.9 Å². The van der Waals surface area contributed by atoms with E-state index in [9.17, 15) is 0 Å². The van der Waals surface area contributed by atoms with Crippen molar-refractivity contribution in [1.29, 1.82) is 0 Å². The van der Waals surface area contributed by atoms with Crippen LogP contribution < -0.4 is 5.32 Å². The summed E-state index contributed by atoms with van der Waals surface area (Å²) >= 11 is 5.05. The van der Waals surface area contributed by atoms with Gasteiger partial charge in [0.05, 0.1) is 0 Å². The molecule has 1 heterocycles. The van der Waals surface area contributed by atoms with Gasteiger partial charge in [-0.05, 0) is 30.9 Å². The summed E-state index contributed by atoms with van der Waals surface area (Å²) in [7, 11) is 0. The summed E-state index contributed by atoms with van der Waals surface area (Å²) in [5, 5.41) is 11.6. The molecule has 0 atom stereocenters. The van der Waals surface area contributed by atoms with Crippen molar-refractivity contribution in [2.24, 2.45) is 0 Å². The van der Waals surface area contributed by atoms with Crippen LogP contribution in [0.5, 0.6) is 0 Å². The van der Waals surface area contributed by atoms with E-state index in [-0.39, 0.29) is 0 Å². The summed E-state index contributed by atoms with van der Waals surface area (Å²) in [6.07, 6.45) is 2.02. The van der Waals surface area contributed by atoms with Gasteiger partial charge < -0.3 is 5.32 Å². The molecule has 0 saturated carbocycles. The Hall–Kier alpha value is -0.720. The molecule has 0 aliphatic carbocycles. The molecule has 1 aromatic carbocycles. The predicted molar refractivity (Wildman–Crippen MR) is 82.1 cm³/mol. The van der Waals surface area contributed by atoms with Crippen LogP contribution in [0.25, 0.3) is 0 Å². The topological polar surface area (TPSA) is 37.8 Å². The van der Waals surface area contributed by atoms with Gasteiger partial charge in [-0.1, -0.05) is 47.0 Å². The average molecular weight is 297 g/mol. The van der Waals surface area contributed by atoms with Gasteiger partial charge in [0.25, 0.3) is 0 Å². The van der Waals surface area contributed by atoms with Crippen LogP contribution in [0, 0.1) is 6.92 Å². The minimum atomic E-state index is 0.933. The van der Waals surface area contributed by atoms with Crippen molar-refractivity contribution >= 4 is 40.5 Å². The fourth-order valence-electron chi connectivity index (χ4n) is 1.43. The number of hydrogen-bond acceptors (Lipinski definition) is 6. The normalized spacial score (nSPS) is 10.6. The van der Waals surface area contributed by atoms with Crippen LogP contribution in [0.1, 0.15) is 5.56 Å². The van der Waals surface area contributed by atoms with E-state index >= 15 is 0 Å². The molecule has 1 aromatic heterocycles. The van der Waals surface area contributed by atoms with Crippen LogP contribution in [0.2, 0.25) is 0 Å². The van der Waals surface area contributed by atoms with Crippen molar-refractivity contribution in [1.82, 2.24) is 10.2 Å². The lowest BCUT2D eigenvalue weighted by atomic mass is 10.2. The molecule has 0 radical (unpaired) electrons. The van der Waals surface area contributed by atoms with Crippen molar-refractivity contribution in [3.63, 3.8) is 0 Å². The molecule has 2 aromatic rings. The van der Waals surface area contributed by atoms with Gasteiger partial charge in [-0.15, -0.1) is 10.2 Å². The molecule has 0 saturated heterocycles. The lowest BCUT2D eigenvalue weighted by Gasteiger charge is -2.05. The second kappa shape index (κ2) is 7.01. The van der Waals surface area contributed by atoms with E-state index in [2.05, 4.69) is 46.7 Å². The first-order valence-corrected chi connectivity index (χ1v) is 8.61. The molecular formula is C12H15N3S3. The minimum absolute atomic E-state index is 0.933. The van der Waals surface area contributed by atoms with Crippen molar-refractivity contribution < 1.29 is 0 Å². The Kier molecular flexibility index (Phi) is 5.34. The number of nitrogens with zero attached hydrogens (tertiary/aromatic N) is 2. The molecule has 2 rings (SSSR count). The van der Waals surface area contributed by atoms with E-state index < -0.39 is 0 Å². The molecule has 0 aliphatic rings. The minimum Gasteiger partial charge on any atom is -0.384 e. The molecule has 0 bridgehead atoms. The molecule has 1 N–H and O–H groups in total. The van der Waals surface area contributed by atoms with Gasteiger partial charge in [0.15, 0.2) is 8.68 Å². The Bertz CT molecular complexity index is 499. The standard InChI is InChI=1S/C12H15N3S3/c1-9-4-3-5-10(8-9)13-6-7-17-12-15-14-11(16-2)18-12/h3-5,8,13H,6-7H2,1-2H3.